The Hall–Kier alpha value is -2.46. The Morgan fingerprint density at radius 2 is 1.81 bits per heavy atom. The summed E-state index contributed by atoms with van der Waals surface area (Å²) in [6, 6.07) is 16.4. The second kappa shape index (κ2) is 11.4. The van der Waals surface area contributed by atoms with Crippen molar-refractivity contribution in [2.45, 2.75) is 37.7 Å². The van der Waals surface area contributed by atoms with Gasteiger partial charge in [0.2, 0.25) is 10.0 Å². The second-order valence-electron chi connectivity index (χ2n) is 7.73. The molecule has 1 saturated heterocycles. The molecule has 2 aromatic rings. The van der Waals surface area contributed by atoms with E-state index in [2.05, 4.69) is 15.2 Å². The highest BCUT2D eigenvalue weighted by Gasteiger charge is 2.29. The lowest BCUT2D eigenvalue weighted by atomic mass is 9.98. The molecular formula is C23H31N3O5S. The van der Waals surface area contributed by atoms with Gasteiger partial charge in [0.25, 0.3) is 0 Å². The van der Waals surface area contributed by atoms with Crippen LogP contribution in [0.25, 0.3) is 0 Å². The van der Waals surface area contributed by atoms with Crippen LogP contribution in [0.1, 0.15) is 35.7 Å². The van der Waals surface area contributed by atoms with Crippen molar-refractivity contribution in [3.8, 4) is 0 Å². The molecule has 1 fully saturated rings. The maximum Gasteiger partial charge on any atom is 0.337 e. The molecule has 0 saturated carbocycles. The molecule has 0 amide bonds. The highest BCUT2D eigenvalue weighted by atomic mass is 32.2. The molecule has 32 heavy (non-hydrogen) atoms. The number of benzene rings is 2. The van der Waals surface area contributed by atoms with Gasteiger partial charge in [-0.3, -0.25) is 0 Å². The number of hydrogen-bond acceptors (Lipinski definition) is 7. The summed E-state index contributed by atoms with van der Waals surface area (Å²) in [5.41, 5.74) is 5.06. The van der Waals surface area contributed by atoms with Crippen molar-refractivity contribution >= 4 is 21.7 Å². The largest absolute Gasteiger partial charge is 0.465 e. The van der Waals surface area contributed by atoms with Gasteiger partial charge < -0.3 is 14.4 Å². The summed E-state index contributed by atoms with van der Waals surface area (Å²) in [6.45, 7) is 3.74. The zero-order valence-corrected chi connectivity index (χ0v) is 19.3. The van der Waals surface area contributed by atoms with Crippen LogP contribution >= 0.6 is 0 Å². The number of piperidine rings is 1. The molecule has 174 valence electrons. The molecule has 0 aliphatic carbocycles. The Balaban J connectivity index is 1.64. The molecule has 3 rings (SSSR count). The van der Waals surface area contributed by atoms with E-state index in [-0.39, 0.29) is 23.9 Å². The molecule has 0 bridgehead atoms. The van der Waals surface area contributed by atoms with Crippen molar-refractivity contribution in [3.63, 3.8) is 0 Å². The number of carbonyl (C=O) groups excluding carboxylic acids is 1. The van der Waals surface area contributed by atoms with Gasteiger partial charge in [0.05, 0.1) is 24.5 Å². The van der Waals surface area contributed by atoms with E-state index in [0.29, 0.717) is 25.3 Å². The number of esters is 1. The van der Waals surface area contributed by atoms with E-state index in [1.54, 1.807) is 24.3 Å². The van der Waals surface area contributed by atoms with Crippen LogP contribution in [0.2, 0.25) is 0 Å². The average Bonchev–Trinajstić information content (AvgIpc) is 2.80. The maximum atomic E-state index is 12.4. The van der Waals surface area contributed by atoms with Crippen molar-refractivity contribution in [1.82, 2.24) is 10.3 Å². The number of carbonyl (C=O) groups is 1. The van der Waals surface area contributed by atoms with E-state index in [1.807, 2.05) is 37.3 Å². The molecular weight excluding hydrogens is 430 g/mol. The van der Waals surface area contributed by atoms with Crippen LogP contribution in [0.15, 0.2) is 54.6 Å². The first-order chi connectivity index (χ1) is 15.4. The van der Waals surface area contributed by atoms with Gasteiger partial charge in [0.15, 0.2) is 0 Å². The molecule has 2 atom stereocenters. The Kier molecular flexibility index (Phi) is 8.63. The molecule has 1 heterocycles. The summed E-state index contributed by atoms with van der Waals surface area (Å²) in [5.74, 6) is -0.468. The first kappa shape index (κ1) is 24.2. The minimum absolute atomic E-state index is 0.0649. The SMILES string of the molecule is CCOC1CCC(CNNS(=O)(=O)Cc2ccccc2)N(c2ccc(C(=O)OC)cc2)C1. The lowest BCUT2D eigenvalue weighted by Crippen LogP contribution is -2.53. The number of hydrogen-bond donors (Lipinski definition) is 2. The highest BCUT2D eigenvalue weighted by molar-refractivity contribution is 7.88. The van der Waals surface area contributed by atoms with Crippen molar-refractivity contribution < 1.29 is 22.7 Å². The molecule has 9 heteroatoms. The summed E-state index contributed by atoms with van der Waals surface area (Å²) in [7, 11) is -2.16. The van der Waals surface area contributed by atoms with Crippen LogP contribution in [0.3, 0.4) is 0 Å². The smallest absolute Gasteiger partial charge is 0.337 e. The van der Waals surface area contributed by atoms with Gasteiger partial charge in [-0.25, -0.2) is 18.6 Å². The number of nitrogens with zero attached hydrogens (tertiary/aromatic N) is 1. The quantitative estimate of drug-likeness (QED) is 0.414. The Morgan fingerprint density at radius 3 is 2.47 bits per heavy atom. The molecule has 2 unspecified atom stereocenters. The number of methoxy groups -OCH3 is 1. The fourth-order valence-corrected chi connectivity index (χ4v) is 4.91. The van der Waals surface area contributed by atoms with Crippen LogP contribution in [-0.4, -0.2) is 53.3 Å². The maximum absolute atomic E-state index is 12.4. The first-order valence-electron chi connectivity index (χ1n) is 10.7. The molecule has 8 nitrogen and oxygen atoms in total. The third kappa shape index (κ3) is 6.77. The van der Waals surface area contributed by atoms with Gasteiger partial charge >= 0.3 is 5.97 Å². The monoisotopic (exact) mass is 461 g/mol. The van der Waals surface area contributed by atoms with Crippen LogP contribution < -0.4 is 15.2 Å². The molecule has 2 N–H and O–H groups in total. The van der Waals surface area contributed by atoms with E-state index in [4.69, 9.17) is 9.47 Å². The Labute approximate surface area is 189 Å². The van der Waals surface area contributed by atoms with Gasteiger partial charge in [-0.1, -0.05) is 30.3 Å². The minimum atomic E-state index is -3.51. The third-order valence-electron chi connectivity index (χ3n) is 5.45. The van der Waals surface area contributed by atoms with E-state index in [1.165, 1.54) is 7.11 Å². The molecule has 0 spiro atoms. The van der Waals surface area contributed by atoms with Crippen LogP contribution in [0.4, 0.5) is 5.69 Å². The van der Waals surface area contributed by atoms with Crippen LogP contribution in [0.5, 0.6) is 0 Å². The van der Waals surface area contributed by atoms with Crippen LogP contribution in [-0.2, 0) is 25.2 Å². The van der Waals surface area contributed by atoms with Crippen molar-refractivity contribution in [2.75, 3.05) is 31.7 Å². The second-order valence-corrected chi connectivity index (χ2v) is 9.45. The molecule has 2 aromatic carbocycles. The van der Waals surface area contributed by atoms with Gasteiger partial charge in [0.1, 0.15) is 0 Å². The molecule has 0 aromatic heterocycles. The number of rotatable bonds is 10. The average molecular weight is 462 g/mol. The summed E-state index contributed by atoms with van der Waals surface area (Å²) < 4.78 is 35.4. The number of anilines is 1. The Bertz CT molecular complexity index is 967. The van der Waals surface area contributed by atoms with E-state index in [9.17, 15) is 13.2 Å². The predicted octanol–water partition coefficient (Wildman–Crippen LogP) is 2.47. The third-order valence-corrected chi connectivity index (χ3v) is 6.62. The zero-order valence-electron chi connectivity index (χ0n) is 18.5. The van der Waals surface area contributed by atoms with E-state index >= 15 is 0 Å². The summed E-state index contributed by atoms with van der Waals surface area (Å²) in [6.07, 6.45) is 1.84. The van der Waals surface area contributed by atoms with Crippen LogP contribution in [0, 0.1) is 0 Å². The summed E-state index contributed by atoms with van der Waals surface area (Å²) in [4.78, 5) is 16.4. The molecule has 1 aliphatic heterocycles. The topological polar surface area (TPSA) is 97.0 Å². The first-order valence-corrected chi connectivity index (χ1v) is 12.4. The fourth-order valence-electron chi connectivity index (χ4n) is 3.90. The van der Waals surface area contributed by atoms with Gasteiger partial charge in [0, 0.05) is 31.4 Å². The number of hydrazine groups is 1. The van der Waals surface area contributed by atoms with Crippen molar-refractivity contribution in [3.05, 3.63) is 65.7 Å². The predicted molar refractivity (Wildman–Crippen MR) is 124 cm³/mol. The minimum Gasteiger partial charge on any atom is -0.465 e. The zero-order chi connectivity index (χ0) is 23.0. The van der Waals surface area contributed by atoms with E-state index < -0.39 is 10.0 Å². The lowest BCUT2D eigenvalue weighted by Gasteiger charge is -2.41. The van der Waals surface area contributed by atoms with Crippen molar-refractivity contribution in [1.29, 1.82) is 0 Å². The highest BCUT2D eigenvalue weighted by Crippen LogP contribution is 2.26. The van der Waals surface area contributed by atoms with Gasteiger partial charge in [-0.15, -0.1) is 0 Å². The Morgan fingerprint density at radius 1 is 1.09 bits per heavy atom. The molecule has 0 radical (unpaired) electrons. The number of sulfonamides is 1. The van der Waals surface area contributed by atoms with Gasteiger partial charge in [-0.2, -0.15) is 4.83 Å². The normalized spacial score (nSPS) is 19.0. The van der Waals surface area contributed by atoms with Crippen molar-refractivity contribution in [2.24, 2.45) is 0 Å². The summed E-state index contributed by atoms with van der Waals surface area (Å²) >= 11 is 0. The molecule has 1 aliphatic rings. The lowest BCUT2D eigenvalue weighted by molar-refractivity contribution is 0.0464. The fraction of sp³-hybridized carbons (Fsp3) is 0.435. The number of nitrogens with one attached hydrogen (secondary N) is 2. The van der Waals surface area contributed by atoms with Gasteiger partial charge in [-0.05, 0) is 49.6 Å². The summed E-state index contributed by atoms with van der Waals surface area (Å²) in [5, 5.41) is 0. The number of ether oxygens (including phenoxy) is 2. The standard InChI is InChI=1S/C23H31N3O5S/c1-3-31-22-14-13-21(15-24-25-32(28,29)17-18-7-5-4-6-8-18)26(16-22)20-11-9-19(10-12-20)23(27)30-2/h4-12,21-22,24-25H,3,13-17H2,1-2H3. The van der Waals surface area contributed by atoms with E-state index in [0.717, 1.165) is 24.1 Å².